The summed E-state index contributed by atoms with van der Waals surface area (Å²) in [6.45, 7) is 0.516. The fraction of sp³-hybridized carbons (Fsp3) is 0.214. The second kappa shape index (κ2) is 5.62. The Labute approximate surface area is 137 Å². The number of fused-ring (bicyclic) bond motifs is 1. The zero-order valence-corrected chi connectivity index (χ0v) is 13.6. The molecule has 8 heteroatoms. The van der Waals surface area contributed by atoms with E-state index in [1.54, 1.807) is 16.9 Å². The molecule has 0 aliphatic carbocycles. The lowest BCUT2D eigenvalue weighted by molar-refractivity contribution is 0.781. The van der Waals surface area contributed by atoms with Gasteiger partial charge in [0.05, 0.1) is 21.6 Å². The summed E-state index contributed by atoms with van der Waals surface area (Å²) in [7, 11) is 3.68. The summed E-state index contributed by atoms with van der Waals surface area (Å²) in [6.07, 6.45) is 1.66. The van der Waals surface area contributed by atoms with Crippen LogP contribution in [0.25, 0.3) is 11.0 Å². The van der Waals surface area contributed by atoms with Gasteiger partial charge in [0, 0.05) is 20.6 Å². The second-order valence-electron chi connectivity index (χ2n) is 4.98. The Balaban J connectivity index is 1.96. The van der Waals surface area contributed by atoms with Crippen molar-refractivity contribution in [2.75, 3.05) is 17.7 Å². The van der Waals surface area contributed by atoms with Crippen molar-refractivity contribution in [1.82, 2.24) is 19.7 Å². The van der Waals surface area contributed by atoms with Crippen LogP contribution in [0, 0.1) is 0 Å². The maximum Gasteiger partial charge on any atom is 0.229 e. The zero-order valence-electron chi connectivity index (χ0n) is 12.1. The lowest BCUT2D eigenvalue weighted by Crippen LogP contribution is -2.20. The first kappa shape index (κ1) is 14.9. The van der Waals surface area contributed by atoms with Crippen LogP contribution in [0.2, 0.25) is 10.0 Å². The summed E-state index contributed by atoms with van der Waals surface area (Å²) < 4.78 is 1.66. The molecule has 1 aromatic carbocycles. The normalized spacial score (nSPS) is 11.1. The van der Waals surface area contributed by atoms with E-state index in [1.807, 2.05) is 31.1 Å². The van der Waals surface area contributed by atoms with Gasteiger partial charge in [0.1, 0.15) is 5.82 Å². The molecule has 0 amide bonds. The molecule has 0 atom stereocenters. The Morgan fingerprint density at radius 3 is 2.82 bits per heavy atom. The van der Waals surface area contributed by atoms with E-state index < -0.39 is 0 Å². The van der Waals surface area contributed by atoms with Crippen LogP contribution in [0.3, 0.4) is 0 Å². The summed E-state index contributed by atoms with van der Waals surface area (Å²) >= 11 is 12.3. The van der Waals surface area contributed by atoms with Crippen LogP contribution < -0.4 is 10.6 Å². The van der Waals surface area contributed by atoms with Crippen molar-refractivity contribution in [2.24, 2.45) is 7.05 Å². The van der Waals surface area contributed by atoms with Crippen molar-refractivity contribution in [2.45, 2.75) is 6.54 Å². The number of anilines is 2. The molecule has 2 heterocycles. The third-order valence-corrected chi connectivity index (χ3v) is 4.25. The molecule has 0 spiro atoms. The molecule has 3 aromatic rings. The van der Waals surface area contributed by atoms with Gasteiger partial charge in [0.2, 0.25) is 5.95 Å². The Kier molecular flexibility index (Phi) is 3.80. The molecule has 3 rings (SSSR count). The highest BCUT2D eigenvalue weighted by atomic mass is 35.5. The predicted molar refractivity (Wildman–Crippen MR) is 89.3 cm³/mol. The second-order valence-corrected chi connectivity index (χ2v) is 5.77. The van der Waals surface area contributed by atoms with E-state index in [1.165, 1.54) is 0 Å². The van der Waals surface area contributed by atoms with Gasteiger partial charge in [-0.1, -0.05) is 35.3 Å². The minimum absolute atomic E-state index is 0.400. The largest absolute Gasteiger partial charge is 0.383 e. The van der Waals surface area contributed by atoms with Gasteiger partial charge >= 0.3 is 0 Å². The molecule has 0 aliphatic heterocycles. The molecular formula is C14H14Cl2N6. The number of aryl methyl sites for hydroxylation is 1. The van der Waals surface area contributed by atoms with Crippen LogP contribution >= 0.6 is 23.2 Å². The highest BCUT2D eigenvalue weighted by Gasteiger charge is 2.14. The lowest BCUT2D eigenvalue weighted by Gasteiger charge is -2.18. The zero-order chi connectivity index (χ0) is 15.9. The van der Waals surface area contributed by atoms with Crippen LogP contribution in [-0.2, 0) is 13.6 Å². The van der Waals surface area contributed by atoms with Gasteiger partial charge in [-0.05, 0) is 11.6 Å². The maximum atomic E-state index is 6.22. The predicted octanol–water partition coefficient (Wildman–Crippen LogP) is 2.89. The molecule has 22 heavy (non-hydrogen) atoms. The average molecular weight is 337 g/mol. The topological polar surface area (TPSA) is 72.9 Å². The minimum Gasteiger partial charge on any atom is -0.383 e. The number of hydrogen-bond acceptors (Lipinski definition) is 5. The number of benzene rings is 1. The van der Waals surface area contributed by atoms with Crippen molar-refractivity contribution in [1.29, 1.82) is 0 Å². The van der Waals surface area contributed by atoms with E-state index in [2.05, 4.69) is 15.1 Å². The Hall–Kier alpha value is -2.05. The van der Waals surface area contributed by atoms with Crippen LogP contribution in [0.5, 0.6) is 0 Å². The van der Waals surface area contributed by atoms with Crippen LogP contribution in [-0.4, -0.2) is 26.8 Å². The van der Waals surface area contributed by atoms with Gasteiger partial charge in [0.25, 0.3) is 0 Å². The van der Waals surface area contributed by atoms with Crippen molar-refractivity contribution >= 4 is 46.0 Å². The quantitative estimate of drug-likeness (QED) is 0.796. The van der Waals surface area contributed by atoms with Gasteiger partial charge in [-0.2, -0.15) is 15.1 Å². The molecule has 0 saturated heterocycles. The summed E-state index contributed by atoms with van der Waals surface area (Å²) in [5, 5.41) is 5.94. The van der Waals surface area contributed by atoms with Crippen LogP contribution in [0.1, 0.15) is 5.56 Å². The van der Waals surface area contributed by atoms with E-state index in [0.29, 0.717) is 34.0 Å². The number of nitrogens with two attached hydrogens (primary N) is 1. The number of rotatable bonds is 3. The minimum atomic E-state index is 0.400. The third-order valence-electron chi connectivity index (χ3n) is 3.39. The first-order valence-electron chi connectivity index (χ1n) is 6.56. The Morgan fingerprint density at radius 1 is 1.27 bits per heavy atom. The maximum absolute atomic E-state index is 6.22. The fourth-order valence-corrected chi connectivity index (χ4v) is 2.58. The van der Waals surface area contributed by atoms with E-state index in [4.69, 9.17) is 28.9 Å². The van der Waals surface area contributed by atoms with E-state index in [0.717, 1.165) is 10.9 Å². The van der Waals surface area contributed by atoms with Gasteiger partial charge in [0.15, 0.2) is 5.65 Å². The molecule has 0 saturated carbocycles. The summed E-state index contributed by atoms with van der Waals surface area (Å²) in [5.41, 5.74) is 7.56. The monoisotopic (exact) mass is 336 g/mol. The summed E-state index contributed by atoms with van der Waals surface area (Å²) in [6, 6.07) is 5.52. The average Bonchev–Trinajstić information content (AvgIpc) is 2.86. The van der Waals surface area contributed by atoms with E-state index in [-0.39, 0.29) is 0 Å². The Bertz CT molecular complexity index is 845. The SMILES string of the molecule is CN(Cc1cccc(Cl)c1Cl)c1nc(N)c2cnn(C)c2n1. The number of halogens is 2. The smallest absolute Gasteiger partial charge is 0.229 e. The van der Waals surface area contributed by atoms with Crippen LogP contribution in [0.4, 0.5) is 11.8 Å². The fourth-order valence-electron chi connectivity index (χ4n) is 2.20. The molecule has 0 fully saturated rings. The first-order valence-corrected chi connectivity index (χ1v) is 7.32. The van der Waals surface area contributed by atoms with Gasteiger partial charge < -0.3 is 10.6 Å². The van der Waals surface area contributed by atoms with Gasteiger partial charge in [-0.15, -0.1) is 0 Å². The first-order chi connectivity index (χ1) is 10.5. The lowest BCUT2D eigenvalue weighted by atomic mass is 10.2. The molecule has 2 N–H and O–H groups in total. The van der Waals surface area contributed by atoms with Gasteiger partial charge in [-0.25, -0.2) is 0 Å². The van der Waals surface area contributed by atoms with Crippen molar-refractivity contribution in [3.05, 3.63) is 40.0 Å². The van der Waals surface area contributed by atoms with Crippen molar-refractivity contribution in [3.63, 3.8) is 0 Å². The van der Waals surface area contributed by atoms with E-state index in [9.17, 15) is 0 Å². The number of aromatic nitrogens is 4. The van der Waals surface area contributed by atoms with Gasteiger partial charge in [-0.3, -0.25) is 4.68 Å². The molecular weight excluding hydrogens is 323 g/mol. The number of hydrogen-bond donors (Lipinski definition) is 1. The Morgan fingerprint density at radius 2 is 2.05 bits per heavy atom. The summed E-state index contributed by atoms with van der Waals surface area (Å²) in [5.74, 6) is 0.904. The number of nitrogens with zero attached hydrogens (tertiary/aromatic N) is 5. The molecule has 6 nitrogen and oxygen atoms in total. The molecule has 0 unspecified atom stereocenters. The van der Waals surface area contributed by atoms with Crippen molar-refractivity contribution < 1.29 is 0 Å². The summed E-state index contributed by atoms with van der Waals surface area (Å²) in [4.78, 5) is 10.7. The molecule has 114 valence electrons. The van der Waals surface area contributed by atoms with Crippen molar-refractivity contribution in [3.8, 4) is 0 Å². The molecule has 2 aromatic heterocycles. The highest BCUT2D eigenvalue weighted by Crippen LogP contribution is 2.27. The standard InChI is InChI=1S/C14H14Cl2N6/c1-21(7-8-4-3-5-10(15)11(8)16)14-19-12(17)9-6-18-22(2)13(9)20-14/h3-6H,7H2,1-2H3,(H2,17,19,20). The van der Waals surface area contributed by atoms with E-state index >= 15 is 0 Å². The molecule has 0 aliphatic rings. The molecule has 0 radical (unpaired) electrons. The highest BCUT2D eigenvalue weighted by molar-refractivity contribution is 6.42. The molecule has 0 bridgehead atoms. The third kappa shape index (κ3) is 2.55. The van der Waals surface area contributed by atoms with Crippen LogP contribution in [0.15, 0.2) is 24.4 Å². The number of nitrogen functional groups attached to an aromatic ring is 1.